The van der Waals surface area contributed by atoms with E-state index in [0.717, 1.165) is 30.8 Å². The quantitative estimate of drug-likeness (QED) is 0.512. The fourth-order valence-electron chi connectivity index (χ4n) is 4.15. The summed E-state index contributed by atoms with van der Waals surface area (Å²) in [5, 5.41) is 5.83. The van der Waals surface area contributed by atoms with Crippen LogP contribution in [0.2, 0.25) is 0 Å². The summed E-state index contributed by atoms with van der Waals surface area (Å²) in [6.45, 7) is 3.67. The Labute approximate surface area is 201 Å². The van der Waals surface area contributed by atoms with Gasteiger partial charge in [-0.05, 0) is 63.2 Å². The Morgan fingerprint density at radius 3 is 2.48 bits per heavy atom. The Balaban J connectivity index is 1.52. The topological polar surface area (TPSA) is 105 Å². The summed E-state index contributed by atoms with van der Waals surface area (Å²) < 4.78 is 32.8. The van der Waals surface area contributed by atoms with Crippen LogP contribution in [0.15, 0.2) is 29.2 Å². The zero-order chi connectivity index (χ0) is 23.8. The number of benzene rings is 1. The summed E-state index contributed by atoms with van der Waals surface area (Å²) in [4.78, 5) is 25.9. The number of nitrogens with zero attached hydrogens (tertiary/aromatic N) is 1. The van der Waals surface area contributed by atoms with Crippen molar-refractivity contribution in [2.45, 2.75) is 56.1 Å². The first-order chi connectivity index (χ1) is 15.8. The Morgan fingerprint density at radius 1 is 1.18 bits per heavy atom. The summed E-state index contributed by atoms with van der Waals surface area (Å²) in [6, 6.07) is 6.21. The Morgan fingerprint density at radius 2 is 1.88 bits per heavy atom. The first kappa shape index (κ1) is 26.0. The van der Waals surface area contributed by atoms with Gasteiger partial charge in [0, 0.05) is 32.2 Å². The van der Waals surface area contributed by atoms with Crippen LogP contribution in [0.1, 0.15) is 37.7 Å². The standard InChI is InChI=1S/C23H35N3O5S2/c1-17-5-7-20(8-6-17)33(29,30)26-12-9-18(10-13-26)22(27)25-21(11-15-32-2)23(28)24-16-19-4-3-14-31-19/h5-8,18-19,21H,3-4,9-16H2,1-2H3,(H,24,28)(H,25,27)/t19-,21-/m0/s1. The molecule has 2 atom stereocenters. The van der Waals surface area contributed by atoms with Crippen LogP contribution in [0.3, 0.4) is 0 Å². The lowest BCUT2D eigenvalue weighted by molar-refractivity contribution is -0.132. The van der Waals surface area contributed by atoms with Crippen molar-refractivity contribution in [3.63, 3.8) is 0 Å². The van der Waals surface area contributed by atoms with E-state index >= 15 is 0 Å². The molecule has 0 aliphatic carbocycles. The molecular formula is C23H35N3O5S2. The molecule has 2 amide bonds. The smallest absolute Gasteiger partial charge is 0.243 e. The first-order valence-corrected chi connectivity index (χ1v) is 14.4. The van der Waals surface area contributed by atoms with Crippen molar-refractivity contribution in [2.24, 2.45) is 5.92 Å². The lowest BCUT2D eigenvalue weighted by Gasteiger charge is -2.31. The summed E-state index contributed by atoms with van der Waals surface area (Å²) in [5.74, 6) is 0.0798. The van der Waals surface area contributed by atoms with E-state index in [1.54, 1.807) is 36.0 Å². The van der Waals surface area contributed by atoms with Gasteiger partial charge in [0.15, 0.2) is 0 Å². The minimum Gasteiger partial charge on any atom is -0.376 e. The van der Waals surface area contributed by atoms with E-state index in [-0.39, 0.29) is 41.8 Å². The Bertz CT molecular complexity index is 893. The molecule has 0 spiro atoms. The van der Waals surface area contributed by atoms with Gasteiger partial charge < -0.3 is 15.4 Å². The van der Waals surface area contributed by atoms with E-state index < -0.39 is 16.1 Å². The highest BCUT2D eigenvalue weighted by Crippen LogP contribution is 2.24. The lowest BCUT2D eigenvalue weighted by atomic mass is 9.96. The Kier molecular flexibility index (Phi) is 9.60. The van der Waals surface area contributed by atoms with Gasteiger partial charge in [0.25, 0.3) is 0 Å². The molecule has 2 N–H and O–H groups in total. The minimum absolute atomic E-state index is 0.0469. The number of rotatable bonds is 10. The van der Waals surface area contributed by atoms with Crippen LogP contribution in [0, 0.1) is 12.8 Å². The molecular weight excluding hydrogens is 462 g/mol. The lowest BCUT2D eigenvalue weighted by Crippen LogP contribution is -2.51. The molecule has 33 heavy (non-hydrogen) atoms. The molecule has 3 rings (SSSR count). The van der Waals surface area contributed by atoms with E-state index in [4.69, 9.17) is 4.74 Å². The normalized spacial score (nSPS) is 21.0. The monoisotopic (exact) mass is 497 g/mol. The molecule has 2 saturated heterocycles. The molecule has 0 bridgehead atoms. The average Bonchev–Trinajstić information content (AvgIpc) is 3.34. The summed E-state index contributed by atoms with van der Waals surface area (Å²) >= 11 is 1.63. The van der Waals surface area contributed by atoms with Gasteiger partial charge in [-0.3, -0.25) is 9.59 Å². The van der Waals surface area contributed by atoms with Gasteiger partial charge in [0.1, 0.15) is 6.04 Å². The predicted molar refractivity (Wildman–Crippen MR) is 130 cm³/mol. The third-order valence-electron chi connectivity index (χ3n) is 6.26. The highest BCUT2D eigenvalue weighted by Gasteiger charge is 2.33. The highest BCUT2D eigenvalue weighted by molar-refractivity contribution is 7.98. The number of piperidine rings is 1. The van der Waals surface area contributed by atoms with Gasteiger partial charge in [0.05, 0.1) is 11.0 Å². The largest absolute Gasteiger partial charge is 0.376 e. The van der Waals surface area contributed by atoms with Crippen LogP contribution in [-0.4, -0.2) is 74.9 Å². The zero-order valence-corrected chi connectivity index (χ0v) is 21.1. The zero-order valence-electron chi connectivity index (χ0n) is 19.4. The molecule has 2 fully saturated rings. The van der Waals surface area contributed by atoms with E-state index in [0.29, 0.717) is 25.8 Å². The summed E-state index contributed by atoms with van der Waals surface area (Å²) in [7, 11) is -3.57. The molecule has 8 nitrogen and oxygen atoms in total. The van der Waals surface area contributed by atoms with Crippen LogP contribution in [0.5, 0.6) is 0 Å². The van der Waals surface area contributed by atoms with Gasteiger partial charge in [-0.15, -0.1) is 0 Å². The van der Waals surface area contributed by atoms with Crippen molar-refractivity contribution >= 4 is 33.6 Å². The number of amides is 2. The SMILES string of the molecule is CSCC[C@H](NC(=O)C1CCN(S(=O)(=O)c2ccc(C)cc2)CC1)C(=O)NC[C@@H]1CCCO1. The maximum Gasteiger partial charge on any atom is 0.243 e. The molecule has 0 aromatic heterocycles. The van der Waals surface area contributed by atoms with Crippen molar-refractivity contribution in [3.05, 3.63) is 29.8 Å². The summed E-state index contributed by atoms with van der Waals surface area (Å²) in [5.41, 5.74) is 1.00. The minimum atomic E-state index is -3.57. The molecule has 2 heterocycles. The maximum absolute atomic E-state index is 12.9. The van der Waals surface area contributed by atoms with Gasteiger partial charge in [0.2, 0.25) is 21.8 Å². The number of sulfonamides is 1. The van der Waals surface area contributed by atoms with Gasteiger partial charge >= 0.3 is 0 Å². The molecule has 0 radical (unpaired) electrons. The molecule has 184 valence electrons. The fourth-order valence-corrected chi connectivity index (χ4v) is 6.10. The number of nitrogens with one attached hydrogen (secondary N) is 2. The summed E-state index contributed by atoms with van der Waals surface area (Å²) in [6.07, 6.45) is 5.37. The highest BCUT2D eigenvalue weighted by atomic mass is 32.2. The second-order valence-corrected chi connectivity index (χ2v) is 11.6. The molecule has 0 unspecified atom stereocenters. The van der Waals surface area contributed by atoms with Gasteiger partial charge in [-0.1, -0.05) is 17.7 Å². The number of hydrogen-bond acceptors (Lipinski definition) is 6. The molecule has 0 saturated carbocycles. The molecule has 2 aliphatic rings. The molecule has 2 aliphatic heterocycles. The van der Waals surface area contributed by atoms with Crippen LogP contribution < -0.4 is 10.6 Å². The number of thioether (sulfide) groups is 1. The van der Waals surface area contributed by atoms with Crippen LogP contribution in [-0.2, 0) is 24.3 Å². The van der Waals surface area contributed by atoms with Crippen molar-refractivity contribution in [3.8, 4) is 0 Å². The second-order valence-electron chi connectivity index (χ2n) is 8.71. The second kappa shape index (κ2) is 12.2. The molecule has 1 aromatic carbocycles. The van der Waals surface area contributed by atoms with Crippen LogP contribution in [0.25, 0.3) is 0 Å². The number of ether oxygens (including phenoxy) is 1. The number of hydrogen-bond donors (Lipinski definition) is 2. The molecule has 1 aromatic rings. The maximum atomic E-state index is 12.9. The van der Waals surface area contributed by atoms with Crippen molar-refractivity contribution in [2.75, 3.05) is 38.2 Å². The van der Waals surface area contributed by atoms with Crippen molar-refractivity contribution in [1.29, 1.82) is 0 Å². The van der Waals surface area contributed by atoms with Crippen LogP contribution in [0.4, 0.5) is 0 Å². The van der Waals surface area contributed by atoms with Crippen molar-refractivity contribution in [1.82, 2.24) is 14.9 Å². The van der Waals surface area contributed by atoms with E-state index in [9.17, 15) is 18.0 Å². The number of carbonyl (C=O) groups is 2. The van der Waals surface area contributed by atoms with Crippen LogP contribution >= 0.6 is 11.8 Å². The van der Waals surface area contributed by atoms with E-state index in [2.05, 4.69) is 10.6 Å². The van der Waals surface area contributed by atoms with E-state index in [1.165, 1.54) is 4.31 Å². The number of aryl methyl sites for hydroxylation is 1. The predicted octanol–water partition coefficient (Wildman–Crippen LogP) is 1.93. The van der Waals surface area contributed by atoms with Gasteiger partial charge in [-0.25, -0.2) is 8.42 Å². The van der Waals surface area contributed by atoms with Gasteiger partial charge in [-0.2, -0.15) is 16.1 Å². The third-order valence-corrected chi connectivity index (χ3v) is 8.81. The fraction of sp³-hybridized carbons (Fsp3) is 0.652. The third kappa shape index (κ3) is 7.18. The van der Waals surface area contributed by atoms with E-state index in [1.807, 2.05) is 13.2 Å². The first-order valence-electron chi connectivity index (χ1n) is 11.6. The average molecular weight is 498 g/mol. The molecule has 10 heteroatoms. The Hall–Kier alpha value is -1.62. The number of carbonyl (C=O) groups excluding carboxylic acids is 2. The van der Waals surface area contributed by atoms with Crippen molar-refractivity contribution < 1.29 is 22.7 Å².